The van der Waals surface area contributed by atoms with E-state index in [0.29, 0.717) is 6.42 Å². The molecule has 6 heteroatoms. The molecule has 2 rings (SSSR count). The third kappa shape index (κ3) is 4.67. The van der Waals surface area contributed by atoms with Crippen molar-refractivity contribution < 1.29 is 10.0 Å². The summed E-state index contributed by atoms with van der Waals surface area (Å²) >= 11 is 1.91. The first-order chi connectivity index (χ1) is 10.2. The molecule has 1 saturated heterocycles. The fourth-order valence-corrected chi connectivity index (χ4v) is 3.50. The smallest absolute Gasteiger partial charge is 0.231 e. The summed E-state index contributed by atoms with van der Waals surface area (Å²) in [4.78, 5) is 12.4. The van der Waals surface area contributed by atoms with Gasteiger partial charge in [-0.2, -0.15) is 11.8 Å². The topological polar surface area (TPSA) is 87.7 Å². The van der Waals surface area contributed by atoms with Crippen molar-refractivity contribution in [2.75, 3.05) is 11.5 Å². The first-order valence-corrected chi connectivity index (χ1v) is 8.25. The van der Waals surface area contributed by atoms with E-state index in [9.17, 15) is 4.79 Å². The lowest BCUT2D eigenvalue weighted by Gasteiger charge is -2.25. The second kappa shape index (κ2) is 7.93. The van der Waals surface area contributed by atoms with Crippen LogP contribution in [0.4, 0.5) is 0 Å². The van der Waals surface area contributed by atoms with Gasteiger partial charge in [-0.25, -0.2) is 0 Å². The highest BCUT2D eigenvalue weighted by atomic mass is 32.2. The highest BCUT2D eigenvalue weighted by Gasteiger charge is 2.26. The molecule has 1 aliphatic rings. The van der Waals surface area contributed by atoms with Crippen molar-refractivity contribution in [3.05, 3.63) is 35.9 Å². The van der Waals surface area contributed by atoms with Crippen LogP contribution in [0, 0.1) is 5.92 Å². The van der Waals surface area contributed by atoms with Gasteiger partial charge in [0.1, 0.15) is 5.92 Å². The average Bonchev–Trinajstić information content (AvgIpc) is 2.53. The van der Waals surface area contributed by atoms with Crippen LogP contribution < -0.4 is 11.1 Å². The SMILES string of the molecule is N/C(=N/O)C(Cc1ccccc1)C(=O)NC1CCSCC1. The molecule has 0 saturated carbocycles. The monoisotopic (exact) mass is 307 g/mol. The summed E-state index contributed by atoms with van der Waals surface area (Å²) in [6.07, 6.45) is 2.39. The van der Waals surface area contributed by atoms with Crippen LogP contribution in [0.3, 0.4) is 0 Å². The van der Waals surface area contributed by atoms with E-state index in [4.69, 9.17) is 10.9 Å². The summed E-state index contributed by atoms with van der Waals surface area (Å²) in [6.45, 7) is 0. The first-order valence-electron chi connectivity index (χ1n) is 7.10. The fourth-order valence-electron chi connectivity index (χ4n) is 2.39. The maximum atomic E-state index is 12.4. The Balaban J connectivity index is 2.02. The number of benzene rings is 1. The maximum absolute atomic E-state index is 12.4. The van der Waals surface area contributed by atoms with Gasteiger partial charge in [0.25, 0.3) is 0 Å². The molecule has 4 N–H and O–H groups in total. The molecule has 1 atom stereocenters. The lowest BCUT2D eigenvalue weighted by atomic mass is 9.96. The molecule has 1 amide bonds. The van der Waals surface area contributed by atoms with Gasteiger partial charge >= 0.3 is 0 Å². The number of rotatable bonds is 5. The van der Waals surface area contributed by atoms with E-state index in [1.165, 1.54) is 0 Å². The number of oxime groups is 1. The van der Waals surface area contributed by atoms with Crippen molar-refractivity contribution in [2.24, 2.45) is 16.8 Å². The number of hydrogen-bond donors (Lipinski definition) is 3. The molecule has 1 unspecified atom stereocenters. The highest BCUT2D eigenvalue weighted by Crippen LogP contribution is 2.18. The van der Waals surface area contributed by atoms with Crippen molar-refractivity contribution in [2.45, 2.75) is 25.3 Å². The lowest BCUT2D eigenvalue weighted by Crippen LogP contribution is -2.45. The summed E-state index contributed by atoms with van der Waals surface area (Å²) < 4.78 is 0. The van der Waals surface area contributed by atoms with Crippen molar-refractivity contribution in [3.63, 3.8) is 0 Å². The molecule has 21 heavy (non-hydrogen) atoms. The number of thioether (sulfide) groups is 1. The van der Waals surface area contributed by atoms with E-state index in [-0.39, 0.29) is 17.8 Å². The van der Waals surface area contributed by atoms with E-state index in [1.54, 1.807) is 0 Å². The average molecular weight is 307 g/mol. The third-order valence-electron chi connectivity index (χ3n) is 3.64. The number of nitrogens with one attached hydrogen (secondary N) is 1. The summed E-state index contributed by atoms with van der Waals surface area (Å²) in [5.41, 5.74) is 6.70. The minimum Gasteiger partial charge on any atom is -0.409 e. The van der Waals surface area contributed by atoms with Crippen molar-refractivity contribution in [1.82, 2.24) is 5.32 Å². The molecule has 1 fully saturated rings. The molecule has 5 nitrogen and oxygen atoms in total. The standard InChI is InChI=1S/C15H21N3O2S/c16-14(18-20)13(10-11-4-2-1-3-5-11)15(19)17-12-6-8-21-9-7-12/h1-5,12-13,20H,6-10H2,(H2,16,18)(H,17,19). The molecule has 1 aromatic carbocycles. The van der Waals surface area contributed by atoms with Gasteiger partial charge in [-0.3, -0.25) is 4.79 Å². The number of carbonyl (C=O) groups excluding carboxylic acids is 1. The van der Waals surface area contributed by atoms with E-state index in [0.717, 1.165) is 29.9 Å². The van der Waals surface area contributed by atoms with Crippen molar-refractivity contribution >= 4 is 23.5 Å². The zero-order chi connectivity index (χ0) is 15.1. The molecule has 1 aliphatic heterocycles. The molecular weight excluding hydrogens is 286 g/mol. The van der Waals surface area contributed by atoms with E-state index >= 15 is 0 Å². The van der Waals surface area contributed by atoms with Gasteiger partial charge in [-0.05, 0) is 36.3 Å². The molecule has 0 radical (unpaired) electrons. The number of amides is 1. The molecule has 1 heterocycles. The second-order valence-electron chi connectivity index (χ2n) is 5.16. The Labute approximate surface area is 129 Å². The number of carbonyl (C=O) groups is 1. The Kier molecular flexibility index (Phi) is 5.92. The molecule has 1 aromatic rings. The summed E-state index contributed by atoms with van der Waals surface area (Å²) in [5, 5.41) is 15.0. The molecule has 114 valence electrons. The third-order valence-corrected chi connectivity index (χ3v) is 4.69. The normalized spacial score (nSPS) is 18.2. The zero-order valence-electron chi connectivity index (χ0n) is 11.9. The minimum atomic E-state index is -0.632. The summed E-state index contributed by atoms with van der Waals surface area (Å²) in [5.74, 6) is 1.30. The second-order valence-corrected chi connectivity index (χ2v) is 6.39. The van der Waals surface area contributed by atoms with E-state index in [2.05, 4.69) is 10.5 Å². The number of amidine groups is 1. The largest absolute Gasteiger partial charge is 0.409 e. The first kappa shape index (κ1) is 15.7. The lowest BCUT2D eigenvalue weighted by molar-refractivity contribution is -0.123. The van der Waals surface area contributed by atoms with Gasteiger partial charge < -0.3 is 16.3 Å². The fraction of sp³-hybridized carbons (Fsp3) is 0.467. The van der Waals surface area contributed by atoms with Crippen molar-refractivity contribution in [1.29, 1.82) is 0 Å². The van der Waals surface area contributed by atoms with Gasteiger partial charge in [-0.15, -0.1) is 0 Å². The summed E-state index contributed by atoms with van der Waals surface area (Å²) in [6, 6.07) is 9.80. The van der Waals surface area contributed by atoms with E-state index in [1.807, 2.05) is 42.1 Å². The number of hydrogen-bond acceptors (Lipinski definition) is 4. The van der Waals surface area contributed by atoms with Crippen LogP contribution in [-0.4, -0.2) is 34.5 Å². The van der Waals surface area contributed by atoms with Crippen LogP contribution in [0.25, 0.3) is 0 Å². The summed E-state index contributed by atoms with van der Waals surface area (Å²) in [7, 11) is 0. The Morgan fingerprint density at radius 3 is 2.67 bits per heavy atom. The molecule has 0 aliphatic carbocycles. The number of nitrogens with two attached hydrogens (primary N) is 1. The van der Waals surface area contributed by atoms with Crippen LogP contribution >= 0.6 is 11.8 Å². The van der Waals surface area contributed by atoms with Crippen LogP contribution in [0.2, 0.25) is 0 Å². The number of nitrogens with zero attached hydrogens (tertiary/aromatic N) is 1. The highest BCUT2D eigenvalue weighted by molar-refractivity contribution is 7.99. The zero-order valence-corrected chi connectivity index (χ0v) is 12.7. The quantitative estimate of drug-likeness (QED) is 0.334. The van der Waals surface area contributed by atoms with Gasteiger partial charge in [0.15, 0.2) is 5.84 Å². The maximum Gasteiger partial charge on any atom is 0.231 e. The predicted octanol–water partition coefficient (Wildman–Crippen LogP) is 1.60. The van der Waals surface area contributed by atoms with Crippen molar-refractivity contribution in [3.8, 4) is 0 Å². The van der Waals surface area contributed by atoms with Crippen LogP contribution in [0.1, 0.15) is 18.4 Å². The van der Waals surface area contributed by atoms with Gasteiger partial charge in [0.2, 0.25) is 5.91 Å². The predicted molar refractivity (Wildman–Crippen MR) is 85.5 cm³/mol. The minimum absolute atomic E-state index is 0.0402. The molecule has 0 bridgehead atoms. The van der Waals surface area contributed by atoms with Gasteiger partial charge in [0.05, 0.1) is 0 Å². The Morgan fingerprint density at radius 2 is 2.05 bits per heavy atom. The Hall–Kier alpha value is -1.69. The Morgan fingerprint density at radius 1 is 1.38 bits per heavy atom. The molecule has 0 aromatic heterocycles. The molecular formula is C15H21N3O2S. The molecule has 0 spiro atoms. The van der Waals surface area contributed by atoms with Crippen LogP contribution in [0.15, 0.2) is 35.5 Å². The van der Waals surface area contributed by atoms with E-state index < -0.39 is 5.92 Å². The van der Waals surface area contributed by atoms with Gasteiger partial charge in [0, 0.05) is 6.04 Å². The van der Waals surface area contributed by atoms with Crippen LogP contribution in [-0.2, 0) is 11.2 Å². The van der Waals surface area contributed by atoms with Gasteiger partial charge in [-0.1, -0.05) is 35.5 Å². The Bertz CT molecular complexity index is 487. The van der Waals surface area contributed by atoms with Crippen LogP contribution in [0.5, 0.6) is 0 Å².